The van der Waals surface area contributed by atoms with E-state index in [1.54, 1.807) is 48.5 Å². The highest BCUT2D eigenvalue weighted by Gasteiger charge is 2.31. The van der Waals surface area contributed by atoms with Gasteiger partial charge < -0.3 is 10.2 Å². The summed E-state index contributed by atoms with van der Waals surface area (Å²) in [5.41, 5.74) is 1.72. The summed E-state index contributed by atoms with van der Waals surface area (Å²) in [5.74, 6) is -0.0952. The van der Waals surface area contributed by atoms with Crippen LogP contribution >= 0.6 is 11.6 Å². The fraction of sp³-hybridized carbons (Fsp3) is 0.316. The van der Waals surface area contributed by atoms with Crippen molar-refractivity contribution >= 4 is 33.2 Å². The molecule has 0 aromatic heterocycles. The number of hydrogen-bond donors (Lipinski definition) is 2. The van der Waals surface area contributed by atoms with Gasteiger partial charge in [-0.25, -0.2) is 8.42 Å². The van der Waals surface area contributed by atoms with Crippen LogP contribution in [0.2, 0.25) is 5.02 Å². The molecule has 0 spiro atoms. The number of amides is 1. The van der Waals surface area contributed by atoms with E-state index in [2.05, 4.69) is 5.32 Å². The number of nitrogens with zero attached hydrogens (tertiary/aromatic N) is 1. The van der Waals surface area contributed by atoms with E-state index in [1.807, 2.05) is 6.92 Å². The predicted octanol–water partition coefficient (Wildman–Crippen LogP) is 1.18. The van der Waals surface area contributed by atoms with Gasteiger partial charge in [-0.05, 0) is 43.3 Å². The quantitative estimate of drug-likeness (QED) is 0.780. The monoisotopic (exact) mass is 408 g/mol. The van der Waals surface area contributed by atoms with E-state index in [0.29, 0.717) is 48.3 Å². The number of sulfonamides is 1. The van der Waals surface area contributed by atoms with Crippen molar-refractivity contribution in [2.75, 3.05) is 38.0 Å². The summed E-state index contributed by atoms with van der Waals surface area (Å²) >= 11 is 5.84. The number of aryl methyl sites for hydroxylation is 1. The third-order valence-corrected chi connectivity index (χ3v) is 6.79. The minimum atomic E-state index is -3.48. The molecule has 0 radical (unpaired) electrons. The summed E-state index contributed by atoms with van der Waals surface area (Å²) < 4.78 is 26.9. The van der Waals surface area contributed by atoms with Crippen LogP contribution in [0.5, 0.6) is 0 Å². The molecule has 1 aliphatic rings. The Kier molecular flexibility index (Phi) is 6.16. The van der Waals surface area contributed by atoms with E-state index in [0.717, 1.165) is 10.5 Å². The average molecular weight is 409 g/mol. The van der Waals surface area contributed by atoms with Crippen molar-refractivity contribution in [3.05, 3.63) is 59.1 Å². The zero-order chi connectivity index (χ0) is 19.4. The van der Waals surface area contributed by atoms with E-state index in [-0.39, 0.29) is 5.91 Å². The highest BCUT2D eigenvalue weighted by atomic mass is 35.5. The molecule has 27 heavy (non-hydrogen) atoms. The number of nitrogens with one attached hydrogen (secondary N) is 2. The Morgan fingerprint density at radius 3 is 2.26 bits per heavy atom. The van der Waals surface area contributed by atoms with Crippen molar-refractivity contribution in [1.29, 1.82) is 0 Å². The van der Waals surface area contributed by atoms with Gasteiger partial charge >= 0.3 is 0 Å². The lowest BCUT2D eigenvalue weighted by Gasteiger charge is -2.31. The first kappa shape index (κ1) is 19.8. The van der Waals surface area contributed by atoms with Gasteiger partial charge in [0.2, 0.25) is 10.0 Å². The van der Waals surface area contributed by atoms with E-state index < -0.39 is 10.0 Å². The number of carbonyl (C=O) groups excluding carboxylic acids is 1. The Hall–Kier alpha value is -1.93. The molecule has 0 aliphatic carbocycles. The minimum absolute atomic E-state index is 0.0952. The van der Waals surface area contributed by atoms with E-state index >= 15 is 0 Å². The number of hydrogen-bond acceptors (Lipinski definition) is 3. The van der Waals surface area contributed by atoms with Crippen molar-refractivity contribution < 1.29 is 18.1 Å². The molecule has 6 nitrogen and oxygen atoms in total. The van der Waals surface area contributed by atoms with Gasteiger partial charge in [-0.15, -0.1) is 0 Å². The Morgan fingerprint density at radius 1 is 1.07 bits per heavy atom. The zero-order valence-electron chi connectivity index (χ0n) is 15.1. The molecule has 1 saturated heterocycles. The van der Waals surface area contributed by atoms with Crippen LogP contribution in [-0.2, 0) is 14.8 Å². The molecular weight excluding hydrogens is 386 g/mol. The lowest BCUT2D eigenvalue weighted by molar-refractivity contribution is -0.895. The Labute approximate surface area is 164 Å². The molecule has 0 saturated carbocycles. The molecule has 3 rings (SSSR count). The average Bonchev–Trinajstić information content (AvgIpc) is 2.64. The summed E-state index contributed by atoms with van der Waals surface area (Å²) in [6.45, 7) is 4.23. The van der Waals surface area contributed by atoms with E-state index in [4.69, 9.17) is 11.6 Å². The smallest absolute Gasteiger partial charge is 0.279 e. The number of halogens is 1. The number of carbonyl (C=O) groups is 1. The van der Waals surface area contributed by atoms with Crippen LogP contribution in [0.3, 0.4) is 0 Å². The lowest BCUT2D eigenvalue weighted by atomic mass is 10.2. The number of rotatable bonds is 5. The molecule has 1 aliphatic heterocycles. The maximum atomic E-state index is 12.7. The van der Waals surface area contributed by atoms with Crippen molar-refractivity contribution in [2.45, 2.75) is 11.8 Å². The second-order valence-electron chi connectivity index (χ2n) is 6.70. The molecule has 2 aromatic carbocycles. The van der Waals surface area contributed by atoms with E-state index in [1.165, 1.54) is 4.31 Å². The topological polar surface area (TPSA) is 70.9 Å². The number of anilines is 1. The lowest BCUT2D eigenvalue weighted by Crippen LogP contribution is -3.15. The number of benzene rings is 2. The van der Waals surface area contributed by atoms with Crippen molar-refractivity contribution in [3.8, 4) is 0 Å². The van der Waals surface area contributed by atoms with Crippen LogP contribution in [-0.4, -0.2) is 51.4 Å². The molecule has 0 atom stereocenters. The normalized spacial score (nSPS) is 16.2. The molecule has 1 fully saturated rings. The summed E-state index contributed by atoms with van der Waals surface area (Å²) in [6.07, 6.45) is 0. The molecule has 144 valence electrons. The van der Waals surface area contributed by atoms with Gasteiger partial charge in [-0.1, -0.05) is 29.3 Å². The third kappa shape index (κ3) is 5.07. The molecule has 2 aromatic rings. The summed E-state index contributed by atoms with van der Waals surface area (Å²) in [5, 5.41) is 3.45. The third-order valence-electron chi connectivity index (χ3n) is 4.63. The van der Waals surface area contributed by atoms with Crippen molar-refractivity contribution in [3.63, 3.8) is 0 Å². The molecule has 0 bridgehead atoms. The fourth-order valence-corrected chi connectivity index (χ4v) is 4.61. The predicted molar refractivity (Wildman–Crippen MR) is 106 cm³/mol. The maximum absolute atomic E-state index is 12.7. The van der Waals surface area contributed by atoms with Crippen molar-refractivity contribution in [1.82, 2.24) is 4.31 Å². The van der Waals surface area contributed by atoms with Gasteiger partial charge in [0.05, 0.1) is 31.1 Å². The molecule has 1 heterocycles. The molecule has 0 unspecified atom stereocenters. The van der Waals surface area contributed by atoms with Crippen LogP contribution in [0, 0.1) is 6.92 Å². The highest BCUT2D eigenvalue weighted by molar-refractivity contribution is 7.89. The van der Waals surface area contributed by atoms with Gasteiger partial charge in [0.15, 0.2) is 6.54 Å². The summed E-state index contributed by atoms with van der Waals surface area (Å²) in [7, 11) is -3.48. The van der Waals surface area contributed by atoms with Crippen LogP contribution in [0.1, 0.15) is 5.56 Å². The number of piperazine rings is 1. The minimum Gasteiger partial charge on any atom is -0.325 e. The first-order chi connectivity index (χ1) is 12.8. The first-order valence-electron chi connectivity index (χ1n) is 8.80. The fourth-order valence-electron chi connectivity index (χ4n) is 3.04. The first-order valence-corrected chi connectivity index (χ1v) is 10.6. The van der Waals surface area contributed by atoms with Crippen LogP contribution in [0.15, 0.2) is 53.4 Å². The second-order valence-corrected chi connectivity index (χ2v) is 9.07. The van der Waals surface area contributed by atoms with Gasteiger partial charge in [0.1, 0.15) is 0 Å². The van der Waals surface area contributed by atoms with Gasteiger partial charge in [0.25, 0.3) is 5.91 Å². The highest BCUT2D eigenvalue weighted by Crippen LogP contribution is 2.16. The van der Waals surface area contributed by atoms with Crippen LogP contribution < -0.4 is 10.2 Å². The Balaban J connectivity index is 1.53. The summed E-state index contributed by atoms with van der Waals surface area (Å²) in [6, 6.07) is 13.8. The maximum Gasteiger partial charge on any atom is 0.279 e. The standard InChI is InChI=1S/C19H22ClN3O3S/c1-15-2-8-18(9-3-15)27(25,26)23-12-10-22(11-13-23)14-19(24)21-17-6-4-16(20)5-7-17/h2-9H,10-14H2,1H3,(H,21,24)/p+1. The number of quaternary nitrogens is 1. The Morgan fingerprint density at radius 2 is 1.67 bits per heavy atom. The molecule has 2 N–H and O–H groups in total. The van der Waals surface area contributed by atoms with Gasteiger partial charge in [0, 0.05) is 10.7 Å². The second kappa shape index (κ2) is 8.39. The zero-order valence-corrected chi connectivity index (χ0v) is 16.7. The molecular formula is C19H23ClN3O3S+. The molecule has 1 amide bonds. The van der Waals surface area contributed by atoms with E-state index in [9.17, 15) is 13.2 Å². The summed E-state index contributed by atoms with van der Waals surface area (Å²) in [4.78, 5) is 13.6. The largest absolute Gasteiger partial charge is 0.325 e. The van der Waals surface area contributed by atoms with Gasteiger partial charge in [-0.3, -0.25) is 4.79 Å². The van der Waals surface area contributed by atoms with Crippen LogP contribution in [0.25, 0.3) is 0 Å². The van der Waals surface area contributed by atoms with Gasteiger partial charge in [-0.2, -0.15) is 4.31 Å². The van der Waals surface area contributed by atoms with Crippen LogP contribution in [0.4, 0.5) is 5.69 Å². The SMILES string of the molecule is Cc1ccc(S(=O)(=O)N2CC[NH+](CC(=O)Nc3ccc(Cl)cc3)CC2)cc1. The van der Waals surface area contributed by atoms with Crippen molar-refractivity contribution in [2.24, 2.45) is 0 Å². The molecule has 8 heteroatoms. The Bertz CT molecular complexity index is 891.